The standard InChI is InChI=1S/C53H93NO8/c1-3-5-7-9-11-13-15-17-19-21-22-23-24-25-27-28-30-32-34-36-38-40-42-47(56)46(45-61-53-52(60)51(59)50(58)48(44-55)62-53)54-49(57)43-41-39-37-35-33-31-29-26-20-18-16-14-12-10-8-6-4-2/h6,8,12,14,18,20,29,31-32,34,40,42,46-48,50-53,55-56,58-60H,3-5,7,9-11,13,15-17,19,21-28,30,33,35-39,41,43-45H2,1-2H3,(H,54,57)/b8-6-,14-12-,20-18-,31-29-,34-32+,42-40+. The van der Waals surface area contributed by atoms with Crippen LogP contribution in [0.3, 0.4) is 0 Å². The molecule has 9 nitrogen and oxygen atoms in total. The van der Waals surface area contributed by atoms with Crippen molar-refractivity contribution >= 4 is 5.91 Å². The van der Waals surface area contributed by atoms with Crippen LogP contribution in [0.1, 0.15) is 200 Å². The largest absolute Gasteiger partial charge is 0.394 e. The lowest BCUT2D eigenvalue weighted by Crippen LogP contribution is -2.60. The summed E-state index contributed by atoms with van der Waals surface area (Å²) in [5.74, 6) is -0.212. The van der Waals surface area contributed by atoms with Crippen LogP contribution in [0.5, 0.6) is 0 Å². The SMILES string of the molecule is CC/C=C\C/C=C\C/C=C\C/C=C\CCCCCCC(=O)NC(COC1OC(CO)C(O)C(O)C1O)C(O)/C=C/CC/C=C/CCCCCCCCCCCCCCCCCC. The summed E-state index contributed by atoms with van der Waals surface area (Å²) in [6.07, 6.45) is 51.0. The fourth-order valence-electron chi connectivity index (χ4n) is 7.52. The van der Waals surface area contributed by atoms with Crippen LogP contribution in [-0.4, -0.2) is 87.5 Å². The molecule has 0 saturated carbocycles. The molecule has 1 aliphatic heterocycles. The third-order valence-corrected chi connectivity index (χ3v) is 11.5. The number of carbonyl (C=O) groups is 1. The van der Waals surface area contributed by atoms with Gasteiger partial charge in [-0.2, -0.15) is 0 Å². The molecule has 1 aliphatic rings. The maximum atomic E-state index is 13.0. The van der Waals surface area contributed by atoms with Crippen molar-refractivity contribution in [3.63, 3.8) is 0 Å². The number of aliphatic hydroxyl groups excluding tert-OH is 5. The van der Waals surface area contributed by atoms with Crippen molar-refractivity contribution in [3.05, 3.63) is 72.9 Å². The number of aliphatic hydroxyl groups is 5. The molecule has 0 spiro atoms. The summed E-state index contributed by atoms with van der Waals surface area (Å²) in [7, 11) is 0. The van der Waals surface area contributed by atoms with Gasteiger partial charge in [0.05, 0.1) is 25.4 Å². The van der Waals surface area contributed by atoms with Gasteiger partial charge in [0.1, 0.15) is 24.4 Å². The molecule has 1 fully saturated rings. The zero-order valence-corrected chi connectivity index (χ0v) is 39.4. The third-order valence-electron chi connectivity index (χ3n) is 11.5. The first-order valence-corrected chi connectivity index (χ1v) is 25.2. The van der Waals surface area contributed by atoms with Crippen LogP contribution in [0.25, 0.3) is 0 Å². The minimum atomic E-state index is -1.58. The number of allylic oxidation sites excluding steroid dienone is 11. The summed E-state index contributed by atoms with van der Waals surface area (Å²) < 4.78 is 11.2. The summed E-state index contributed by atoms with van der Waals surface area (Å²) >= 11 is 0. The van der Waals surface area contributed by atoms with Gasteiger partial charge in [-0.05, 0) is 70.6 Å². The summed E-state index contributed by atoms with van der Waals surface area (Å²) in [5.41, 5.74) is 0. The fraction of sp³-hybridized carbons (Fsp3) is 0.755. The van der Waals surface area contributed by atoms with Crippen molar-refractivity contribution in [2.75, 3.05) is 13.2 Å². The lowest BCUT2D eigenvalue weighted by Gasteiger charge is -2.40. The minimum Gasteiger partial charge on any atom is -0.394 e. The van der Waals surface area contributed by atoms with Crippen LogP contribution in [0.2, 0.25) is 0 Å². The van der Waals surface area contributed by atoms with Gasteiger partial charge in [-0.25, -0.2) is 0 Å². The molecular weight excluding hydrogens is 779 g/mol. The van der Waals surface area contributed by atoms with Crippen molar-refractivity contribution in [3.8, 4) is 0 Å². The van der Waals surface area contributed by atoms with Gasteiger partial charge in [0, 0.05) is 6.42 Å². The van der Waals surface area contributed by atoms with Crippen LogP contribution in [0, 0.1) is 0 Å². The lowest BCUT2D eigenvalue weighted by atomic mass is 9.99. The summed E-state index contributed by atoms with van der Waals surface area (Å²) in [6.45, 7) is 3.63. The van der Waals surface area contributed by atoms with Crippen LogP contribution in [0.4, 0.5) is 0 Å². The molecule has 0 aliphatic carbocycles. The second kappa shape index (κ2) is 42.6. The molecule has 1 saturated heterocycles. The van der Waals surface area contributed by atoms with E-state index in [0.29, 0.717) is 6.42 Å². The summed E-state index contributed by atoms with van der Waals surface area (Å²) in [4.78, 5) is 13.0. The highest BCUT2D eigenvalue weighted by molar-refractivity contribution is 5.76. The Balaban J connectivity index is 2.35. The Labute approximate surface area is 378 Å². The molecule has 7 unspecified atom stereocenters. The Bertz CT molecular complexity index is 1200. The molecule has 1 heterocycles. The minimum absolute atomic E-state index is 0.212. The van der Waals surface area contributed by atoms with Crippen molar-refractivity contribution in [1.29, 1.82) is 0 Å². The van der Waals surface area contributed by atoms with Crippen molar-refractivity contribution in [2.24, 2.45) is 0 Å². The predicted molar refractivity (Wildman–Crippen MR) is 258 cm³/mol. The van der Waals surface area contributed by atoms with E-state index in [0.717, 1.165) is 77.0 Å². The highest BCUT2D eigenvalue weighted by atomic mass is 16.7. The first-order valence-electron chi connectivity index (χ1n) is 25.2. The second-order valence-corrected chi connectivity index (χ2v) is 17.2. The number of amides is 1. The highest BCUT2D eigenvalue weighted by Gasteiger charge is 2.44. The number of hydrogen-bond donors (Lipinski definition) is 6. The van der Waals surface area contributed by atoms with E-state index in [4.69, 9.17) is 9.47 Å². The number of nitrogens with one attached hydrogen (secondary N) is 1. The number of rotatable bonds is 41. The van der Waals surface area contributed by atoms with Gasteiger partial charge < -0.3 is 40.3 Å². The molecule has 9 heteroatoms. The molecule has 1 rings (SSSR count). The first kappa shape index (κ1) is 57.6. The van der Waals surface area contributed by atoms with Gasteiger partial charge in [0.2, 0.25) is 5.91 Å². The molecule has 6 N–H and O–H groups in total. The Morgan fingerprint density at radius 3 is 1.55 bits per heavy atom. The Morgan fingerprint density at radius 2 is 1.02 bits per heavy atom. The normalized spacial score (nSPS) is 20.9. The van der Waals surface area contributed by atoms with E-state index in [2.05, 4.69) is 79.9 Å². The van der Waals surface area contributed by atoms with Crippen molar-refractivity contribution < 1.29 is 39.8 Å². The van der Waals surface area contributed by atoms with E-state index in [1.807, 2.05) is 6.08 Å². The molecule has 1 amide bonds. The van der Waals surface area contributed by atoms with E-state index in [1.54, 1.807) is 6.08 Å². The van der Waals surface area contributed by atoms with Crippen molar-refractivity contribution in [1.82, 2.24) is 5.32 Å². The zero-order chi connectivity index (χ0) is 45.1. The molecular formula is C53H93NO8. The van der Waals surface area contributed by atoms with Gasteiger partial charge in [-0.3, -0.25) is 4.79 Å². The maximum absolute atomic E-state index is 13.0. The summed E-state index contributed by atoms with van der Waals surface area (Å²) in [6, 6.07) is -0.838. The molecule has 358 valence electrons. The van der Waals surface area contributed by atoms with Gasteiger partial charge in [-0.1, -0.05) is 196 Å². The number of ether oxygens (including phenoxy) is 2. The van der Waals surface area contributed by atoms with Crippen LogP contribution in [-0.2, 0) is 14.3 Å². The monoisotopic (exact) mass is 872 g/mol. The second-order valence-electron chi connectivity index (χ2n) is 17.2. The van der Waals surface area contributed by atoms with Crippen LogP contribution in [0.15, 0.2) is 72.9 Å². The predicted octanol–water partition coefficient (Wildman–Crippen LogP) is 11.3. The molecule has 0 bridgehead atoms. The van der Waals surface area contributed by atoms with Gasteiger partial charge in [0.15, 0.2) is 6.29 Å². The molecule has 0 aromatic carbocycles. The fourth-order valence-corrected chi connectivity index (χ4v) is 7.52. The molecule has 62 heavy (non-hydrogen) atoms. The number of carbonyl (C=O) groups excluding carboxylic acids is 1. The van der Waals surface area contributed by atoms with E-state index in [-0.39, 0.29) is 12.5 Å². The Kier molecular flexibility index (Phi) is 39.6. The van der Waals surface area contributed by atoms with Crippen LogP contribution >= 0.6 is 0 Å². The molecule has 7 atom stereocenters. The third kappa shape index (κ3) is 32.3. The first-order chi connectivity index (χ1) is 30.3. The molecule has 0 radical (unpaired) electrons. The molecule has 0 aromatic heterocycles. The van der Waals surface area contributed by atoms with Gasteiger partial charge in [-0.15, -0.1) is 0 Å². The smallest absolute Gasteiger partial charge is 0.220 e. The average Bonchev–Trinajstić information content (AvgIpc) is 3.27. The maximum Gasteiger partial charge on any atom is 0.220 e. The summed E-state index contributed by atoms with van der Waals surface area (Å²) in [5, 5.41) is 54.3. The zero-order valence-electron chi connectivity index (χ0n) is 39.4. The lowest BCUT2D eigenvalue weighted by molar-refractivity contribution is -0.302. The highest BCUT2D eigenvalue weighted by Crippen LogP contribution is 2.22. The van der Waals surface area contributed by atoms with Gasteiger partial charge >= 0.3 is 0 Å². The van der Waals surface area contributed by atoms with E-state index in [1.165, 1.54) is 103 Å². The van der Waals surface area contributed by atoms with E-state index in [9.17, 15) is 30.3 Å². The number of hydrogen-bond acceptors (Lipinski definition) is 8. The number of unbranched alkanes of at least 4 members (excludes halogenated alkanes) is 21. The Morgan fingerprint density at radius 1 is 0.565 bits per heavy atom. The van der Waals surface area contributed by atoms with Gasteiger partial charge in [0.25, 0.3) is 0 Å². The average molecular weight is 872 g/mol. The topological polar surface area (TPSA) is 149 Å². The Hall–Kier alpha value is -2.37. The quantitative estimate of drug-likeness (QED) is 0.0263. The van der Waals surface area contributed by atoms with Crippen molar-refractivity contribution in [2.45, 2.75) is 243 Å². The van der Waals surface area contributed by atoms with E-state index < -0.39 is 49.5 Å². The van der Waals surface area contributed by atoms with Crippen LogP contribution < -0.4 is 5.32 Å². The molecule has 0 aromatic rings. The van der Waals surface area contributed by atoms with E-state index >= 15 is 0 Å².